The number of rotatable bonds is 13. The van der Waals surface area contributed by atoms with E-state index in [2.05, 4.69) is 125 Å². The molecule has 0 aliphatic heterocycles. The third kappa shape index (κ3) is 8.39. The summed E-state index contributed by atoms with van der Waals surface area (Å²) < 4.78 is 0. The van der Waals surface area contributed by atoms with Gasteiger partial charge in [0.2, 0.25) is 0 Å². The first-order valence-electron chi connectivity index (χ1n) is 22.4. The van der Waals surface area contributed by atoms with E-state index in [1.807, 2.05) is 12.2 Å². The Morgan fingerprint density at radius 1 is 0.778 bits per heavy atom. The first kappa shape index (κ1) is 38.9. The lowest BCUT2D eigenvalue weighted by Crippen LogP contribution is -2.41. The second-order valence-electron chi connectivity index (χ2n) is 17.7. The maximum absolute atomic E-state index is 4.32. The summed E-state index contributed by atoms with van der Waals surface area (Å²) in [5.74, 6) is 7.01. The molecule has 6 aliphatic carbocycles. The topological polar surface area (TPSA) is 0 Å². The van der Waals surface area contributed by atoms with Crippen molar-refractivity contribution in [3.05, 3.63) is 162 Å². The molecular weight excluding hydrogens is 649 g/mol. The van der Waals surface area contributed by atoms with E-state index in [4.69, 9.17) is 0 Å². The van der Waals surface area contributed by atoms with E-state index in [0.717, 1.165) is 41.4 Å². The Labute approximate surface area is 330 Å². The SMILES string of the molecule is C=CC=C/C=C\C=C1\C2=CC=C[CH]C2=C(/C=C/C=C(\C=C)CC2CCC(C3c4ccccc4C(C(CC)CCC)C4CCCCC43)CC2)C2CCCCC12. The van der Waals surface area contributed by atoms with Crippen LogP contribution in [0.2, 0.25) is 0 Å². The van der Waals surface area contributed by atoms with Gasteiger partial charge in [0.05, 0.1) is 0 Å². The van der Waals surface area contributed by atoms with Crippen molar-refractivity contribution < 1.29 is 0 Å². The molecule has 1 aromatic carbocycles. The van der Waals surface area contributed by atoms with Crippen LogP contribution in [0.1, 0.15) is 140 Å². The molecule has 6 aliphatic rings. The summed E-state index contributed by atoms with van der Waals surface area (Å²) in [6.45, 7) is 13.0. The van der Waals surface area contributed by atoms with Gasteiger partial charge in [0, 0.05) is 6.42 Å². The van der Waals surface area contributed by atoms with Crippen molar-refractivity contribution >= 4 is 0 Å². The molecule has 0 amide bonds. The van der Waals surface area contributed by atoms with E-state index in [1.54, 1.807) is 16.7 Å². The molecule has 1 radical (unpaired) electrons. The molecule has 3 saturated carbocycles. The van der Waals surface area contributed by atoms with Gasteiger partial charge in [0.25, 0.3) is 0 Å². The van der Waals surface area contributed by atoms with Gasteiger partial charge in [-0.3, -0.25) is 0 Å². The molecule has 1 aromatic rings. The van der Waals surface area contributed by atoms with Crippen LogP contribution in [-0.4, -0.2) is 0 Å². The van der Waals surface area contributed by atoms with Gasteiger partial charge in [-0.25, -0.2) is 0 Å². The maximum Gasteiger partial charge on any atom is 0.0134 e. The van der Waals surface area contributed by atoms with Crippen molar-refractivity contribution in [1.82, 2.24) is 0 Å². The van der Waals surface area contributed by atoms with Gasteiger partial charge in [-0.05, 0) is 150 Å². The molecule has 0 spiro atoms. The Balaban J connectivity index is 1.05. The van der Waals surface area contributed by atoms with Crippen molar-refractivity contribution in [2.45, 2.75) is 128 Å². The van der Waals surface area contributed by atoms with Gasteiger partial charge in [-0.2, -0.15) is 0 Å². The van der Waals surface area contributed by atoms with E-state index < -0.39 is 0 Å². The van der Waals surface area contributed by atoms with Crippen LogP contribution in [0, 0.1) is 47.8 Å². The molecular formula is C54H69. The lowest BCUT2D eigenvalue weighted by Gasteiger charge is -2.52. The summed E-state index contributed by atoms with van der Waals surface area (Å²) in [5.41, 5.74) is 10.8. The number of fused-ring (bicyclic) bond motifs is 4. The third-order valence-electron chi connectivity index (χ3n) is 14.8. The molecule has 7 rings (SSSR count). The van der Waals surface area contributed by atoms with Gasteiger partial charge in [0.15, 0.2) is 0 Å². The van der Waals surface area contributed by atoms with Gasteiger partial charge < -0.3 is 0 Å². The molecule has 0 heterocycles. The Morgan fingerprint density at radius 3 is 2.28 bits per heavy atom. The molecule has 0 N–H and O–H groups in total. The minimum absolute atomic E-state index is 0.590. The molecule has 0 nitrogen and oxygen atoms in total. The van der Waals surface area contributed by atoms with Crippen LogP contribution < -0.4 is 0 Å². The summed E-state index contributed by atoms with van der Waals surface area (Å²) in [7, 11) is 0. The molecule has 0 bridgehead atoms. The molecule has 0 heteroatoms. The summed E-state index contributed by atoms with van der Waals surface area (Å²) in [6, 6.07) is 9.86. The summed E-state index contributed by atoms with van der Waals surface area (Å²) in [5, 5.41) is 0. The molecule has 0 saturated heterocycles. The number of hydrogen-bond acceptors (Lipinski definition) is 0. The van der Waals surface area contributed by atoms with Crippen LogP contribution in [0.25, 0.3) is 0 Å². The van der Waals surface area contributed by atoms with Crippen LogP contribution in [0.5, 0.6) is 0 Å². The van der Waals surface area contributed by atoms with Crippen LogP contribution >= 0.6 is 0 Å². The number of allylic oxidation sites excluding steroid dienone is 18. The zero-order valence-corrected chi connectivity index (χ0v) is 33.8. The second kappa shape index (κ2) is 19.0. The number of benzene rings is 1. The molecule has 285 valence electrons. The van der Waals surface area contributed by atoms with Crippen LogP contribution in [0.4, 0.5) is 0 Å². The largest absolute Gasteiger partial charge is 0.0991 e. The predicted octanol–water partition coefficient (Wildman–Crippen LogP) is 15.4. The smallest absolute Gasteiger partial charge is 0.0134 e. The lowest BCUT2D eigenvalue weighted by molar-refractivity contribution is 0.0779. The van der Waals surface area contributed by atoms with Gasteiger partial charge in [-0.1, -0.05) is 175 Å². The fraction of sp³-hybridized carbons (Fsp3) is 0.500. The molecule has 0 aromatic heterocycles. The van der Waals surface area contributed by atoms with E-state index in [-0.39, 0.29) is 0 Å². The molecule has 54 heavy (non-hydrogen) atoms. The average molecular weight is 718 g/mol. The molecule has 3 fully saturated rings. The van der Waals surface area contributed by atoms with Crippen molar-refractivity contribution in [2.75, 3.05) is 0 Å². The maximum atomic E-state index is 4.32. The van der Waals surface area contributed by atoms with E-state index in [9.17, 15) is 0 Å². The highest BCUT2D eigenvalue weighted by molar-refractivity contribution is 5.64. The quantitative estimate of drug-likeness (QED) is 0.178. The Morgan fingerprint density at radius 2 is 1.52 bits per heavy atom. The highest BCUT2D eigenvalue weighted by Gasteiger charge is 2.48. The van der Waals surface area contributed by atoms with Gasteiger partial charge >= 0.3 is 0 Å². The Bertz CT molecular complexity index is 1700. The van der Waals surface area contributed by atoms with E-state index in [0.29, 0.717) is 11.8 Å². The molecule has 7 unspecified atom stereocenters. The monoisotopic (exact) mass is 718 g/mol. The van der Waals surface area contributed by atoms with Crippen LogP contribution in [-0.2, 0) is 0 Å². The van der Waals surface area contributed by atoms with Crippen molar-refractivity contribution in [2.24, 2.45) is 41.4 Å². The molecule has 7 atom stereocenters. The summed E-state index contributed by atoms with van der Waals surface area (Å²) in [4.78, 5) is 0. The van der Waals surface area contributed by atoms with Crippen molar-refractivity contribution in [3.63, 3.8) is 0 Å². The summed E-state index contributed by atoms with van der Waals surface area (Å²) >= 11 is 0. The van der Waals surface area contributed by atoms with E-state index >= 15 is 0 Å². The lowest BCUT2D eigenvalue weighted by atomic mass is 9.52. The fourth-order valence-corrected chi connectivity index (χ4v) is 12.5. The van der Waals surface area contributed by atoms with Crippen LogP contribution in [0.15, 0.2) is 144 Å². The van der Waals surface area contributed by atoms with Crippen molar-refractivity contribution in [1.29, 1.82) is 0 Å². The minimum atomic E-state index is 0.590. The fourth-order valence-electron chi connectivity index (χ4n) is 12.5. The summed E-state index contributed by atoms with van der Waals surface area (Å²) in [6.07, 6.45) is 53.0. The standard InChI is InChI=1S/C54H69/c1-5-9-10-11-12-24-43-44-25-13-15-27-46(44)48(47-28-16-14-26-45(43)47)33-21-23-39(7-3)38-40-34-36-42(37-35-40)54-51-31-19-17-29-49(51)53(41(8-4)22-6-2)50-30-18-20-32-52(50)54/h5,7,9-13,15,17,19,21,23-25,27,29,31,33,40-42,45,47,50,52-54H,1,3,6,8,14,16,18,20,22,26,28,30,32,34-38H2,2,4H3/b10-9?,12-11-,33-21+,39-23+,43-24-. The Kier molecular flexibility index (Phi) is 13.7. The first-order chi connectivity index (χ1) is 26.7. The second-order valence-corrected chi connectivity index (χ2v) is 17.7. The normalized spacial score (nSPS) is 32.7. The highest BCUT2D eigenvalue weighted by Crippen LogP contribution is 2.59. The van der Waals surface area contributed by atoms with Gasteiger partial charge in [-0.15, -0.1) is 0 Å². The third-order valence-corrected chi connectivity index (χ3v) is 14.8. The van der Waals surface area contributed by atoms with E-state index in [1.165, 1.54) is 125 Å². The predicted molar refractivity (Wildman–Crippen MR) is 234 cm³/mol. The average Bonchev–Trinajstić information content (AvgIpc) is 3.22. The van der Waals surface area contributed by atoms with Crippen molar-refractivity contribution in [3.8, 4) is 0 Å². The zero-order valence-electron chi connectivity index (χ0n) is 33.8. The van der Waals surface area contributed by atoms with Gasteiger partial charge in [0.1, 0.15) is 0 Å². The first-order valence-corrected chi connectivity index (χ1v) is 22.4. The highest BCUT2D eigenvalue weighted by atomic mass is 14.5. The zero-order chi connectivity index (χ0) is 37.3. The Hall–Kier alpha value is -3.38. The number of hydrogen-bond donors (Lipinski definition) is 0. The van der Waals surface area contributed by atoms with Crippen LogP contribution in [0.3, 0.4) is 0 Å². The minimum Gasteiger partial charge on any atom is -0.0991 e.